The van der Waals surface area contributed by atoms with Crippen LogP contribution >= 0.6 is 8.25 Å². The molecular formula is C6H11F3O5PS+. The van der Waals surface area contributed by atoms with Gasteiger partial charge in [0.2, 0.25) is 4.93 Å². The van der Waals surface area contributed by atoms with Gasteiger partial charge in [0, 0.05) is 4.57 Å². The Morgan fingerprint density at radius 2 is 1.62 bits per heavy atom. The van der Waals surface area contributed by atoms with Gasteiger partial charge in [0.05, 0.1) is 0 Å². The van der Waals surface area contributed by atoms with Crippen LogP contribution in [-0.2, 0) is 18.9 Å². The Morgan fingerprint density at radius 1 is 1.25 bits per heavy atom. The van der Waals surface area contributed by atoms with E-state index >= 15 is 0 Å². The lowest BCUT2D eigenvalue weighted by Gasteiger charge is -2.25. The van der Waals surface area contributed by atoms with Crippen molar-refractivity contribution in [3.8, 4) is 0 Å². The highest BCUT2D eigenvalue weighted by Gasteiger charge is 2.62. The summed E-state index contributed by atoms with van der Waals surface area (Å²) in [4.78, 5) is 5.73. The predicted molar refractivity (Wildman–Crippen MR) is 49.2 cm³/mol. The lowest BCUT2D eigenvalue weighted by Crippen LogP contribution is -2.46. The van der Waals surface area contributed by atoms with Crippen LogP contribution in [-0.4, -0.2) is 23.8 Å². The quantitative estimate of drug-likeness (QED) is 0.781. The summed E-state index contributed by atoms with van der Waals surface area (Å²) in [6.45, 7) is 2.26. The van der Waals surface area contributed by atoms with Gasteiger partial charge in [-0.1, -0.05) is 18.4 Å². The molecule has 0 heterocycles. The number of halogens is 3. The summed E-state index contributed by atoms with van der Waals surface area (Å²) < 4.78 is 73.8. The highest BCUT2D eigenvalue weighted by atomic mass is 32.2. The maximum absolute atomic E-state index is 12.3. The SMILES string of the molecule is CCC(CC)(O[P+](=O)O)S(=O)(=O)C(F)(F)F. The topological polar surface area (TPSA) is 80.7 Å². The lowest BCUT2D eigenvalue weighted by atomic mass is 10.2. The summed E-state index contributed by atoms with van der Waals surface area (Å²) >= 11 is 0. The molecule has 0 aliphatic rings. The first kappa shape index (κ1) is 15.8. The first-order valence-corrected chi connectivity index (χ1v) is 6.81. The van der Waals surface area contributed by atoms with Crippen LogP contribution in [0.15, 0.2) is 0 Å². The maximum Gasteiger partial charge on any atom is 0.696 e. The van der Waals surface area contributed by atoms with Crippen LogP contribution in [0, 0.1) is 0 Å². The van der Waals surface area contributed by atoms with Crippen molar-refractivity contribution in [3.63, 3.8) is 0 Å². The van der Waals surface area contributed by atoms with Crippen molar-refractivity contribution in [2.45, 2.75) is 37.1 Å². The third kappa shape index (κ3) is 2.71. The van der Waals surface area contributed by atoms with E-state index in [1.54, 1.807) is 0 Å². The van der Waals surface area contributed by atoms with Gasteiger partial charge in [0.15, 0.2) is 0 Å². The van der Waals surface area contributed by atoms with Crippen LogP contribution < -0.4 is 0 Å². The van der Waals surface area contributed by atoms with Crippen LogP contribution in [0.3, 0.4) is 0 Å². The highest BCUT2D eigenvalue weighted by Crippen LogP contribution is 2.43. The van der Waals surface area contributed by atoms with Gasteiger partial charge in [-0.15, -0.1) is 4.89 Å². The molecule has 96 valence electrons. The number of sulfone groups is 1. The molecule has 0 aliphatic heterocycles. The van der Waals surface area contributed by atoms with E-state index in [4.69, 9.17) is 4.89 Å². The largest absolute Gasteiger partial charge is 0.696 e. The molecule has 1 atom stereocenters. The molecule has 0 saturated heterocycles. The van der Waals surface area contributed by atoms with Crippen molar-refractivity contribution in [3.05, 3.63) is 0 Å². The molecule has 0 bridgehead atoms. The number of hydrogen-bond donors (Lipinski definition) is 1. The fourth-order valence-corrected chi connectivity index (χ4v) is 3.47. The monoisotopic (exact) mass is 283 g/mol. The fraction of sp³-hybridized carbons (Fsp3) is 1.00. The number of hydrogen-bond acceptors (Lipinski definition) is 4. The molecule has 0 radical (unpaired) electrons. The zero-order valence-corrected chi connectivity index (χ0v) is 10.2. The molecule has 16 heavy (non-hydrogen) atoms. The molecule has 0 aliphatic carbocycles. The molecule has 0 saturated carbocycles. The summed E-state index contributed by atoms with van der Waals surface area (Å²) in [5, 5.41) is 0. The Labute approximate surface area is 91.5 Å². The van der Waals surface area contributed by atoms with Gasteiger partial charge in [-0.25, -0.2) is 8.42 Å². The lowest BCUT2D eigenvalue weighted by molar-refractivity contribution is -0.0519. The van der Waals surface area contributed by atoms with Gasteiger partial charge >= 0.3 is 13.8 Å². The molecule has 0 fully saturated rings. The first-order valence-electron chi connectivity index (χ1n) is 4.20. The molecule has 5 nitrogen and oxygen atoms in total. The predicted octanol–water partition coefficient (Wildman–Crippen LogP) is 2.10. The third-order valence-corrected chi connectivity index (χ3v) is 5.00. The van der Waals surface area contributed by atoms with Gasteiger partial charge < -0.3 is 0 Å². The summed E-state index contributed by atoms with van der Waals surface area (Å²) in [5.74, 6) is 0. The molecule has 0 aromatic carbocycles. The number of alkyl halides is 3. The molecule has 0 amide bonds. The van der Waals surface area contributed by atoms with Gasteiger partial charge in [0.25, 0.3) is 9.84 Å². The molecule has 0 aromatic rings. The molecule has 1 unspecified atom stereocenters. The van der Waals surface area contributed by atoms with Crippen LogP contribution in [0.5, 0.6) is 0 Å². The Hall–Kier alpha value is -0.240. The van der Waals surface area contributed by atoms with Gasteiger partial charge in [0.1, 0.15) is 0 Å². The van der Waals surface area contributed by atoms with E-state index in [-0.39, 0.29) is 0 Å². The molecule has 0 aromatic heterocycles. The van der Waals surface area contributed by atoms with Crippen molar-refractivity contribution < 1.29 is 35.6 Å². The van der Waals surface area contributed by atoms with E-state index in [1.165, 1.54) is 0 Å². The van der Waals surface area contributed by atoms with E-state index in [0.29, 0.717) is 0 Å². The van der Waals surface area contributed by atoms with Crippen molar-refractivity contribution in [1.29, 1.82) is 0 Å². The van der Waals surface area contributed by atoms with Crippen molar-refractivity contribution in [1.82, 2.24) is 0 Å². The third-order valence-electron chi connectivity index (χ3n) is 2.12. The summed E-state index contributed by atoms with van der Waals surface area (Å²) in [7, 11) is -9.10. The molecule has 10 heteroatoms. The van der Waals surface area contributed by atoms with E-state index in [2.05, 4.69) is 4.52 Å². The van der Waals surface area contributed by atoms with Gasteiger partial charge in [-0.3, -0.25) is 0 Å². The standard InChI is InChI=1S/C6H10F3O5PS/c1-3-5(4-2,14-15(10)11)16(12,13)6(7,8)9/h3-4H2,1-2H3/p+1. The van der Waals surface area contributed by atoms with Crippen molar-refractivity contribution >= 4 is 18.1 Å². The van der Waals surface area contributed by atoms with Crippen molar-refractivity contribution in [2.24, 2.45) is 0 Å². The smallest absolute Gasteiger partial charge is 0.216 e. The summed E-state index contributed by atoms with van der Waals surface area (Å²) in [5.41, 5.74) is -5.52. The first-order chi connectivity index (χ1) is 7.04. The van der Waals surface area contributed by atoms with Crippen LogP contribution in [0.1, 0.15) is 26.7 Å². The second-order valence-corrected chi connectivity index (χ2v) is 5.77. The van der Waals surface area contributed by atoms with Gasteiger partial charge in [-0.2, -0.15) is 13.2 Å². The Morgan fingerprint density at radius 3 is 1.81 bits per heavy atom. The van der Waals surface area contributed by atoms with Gasteiger partial charge in [-0.05, 0) is 12.8 Å². The average Bonchev–Trinajstić information content (AvgIpc) is 2.11. The Kier molecular flexibility index (Phi) is 4.88. The zero-order chi connectivity index (χ0) is 13.2. The number of rotatable bonds is 5. The minimum atomic E-state index is -5.66. The average molecular weight is 283 g/mol. The van der Waals surface area contributed by atoms with E-state index < -0.39 is 41.4 Å². The summed E-state index contributed by atoms with van der Waals surface area (Å²) in [6.07, 6.45) is -1.15. The van der Waals surface area contributed by atoms with Crippen molar-refractivity contribution in [2.75, 3.05) is 0 Å². The van der Waals surface area contributed by atoms with Crippen LogP contribution in [0.4, 0.5) is 13.2 Å². The Bertz CT molecular complexity index is 359. The summed E-state index contributed by atoms with van der Waals surface area (Å²) in [6, 6.07) is 0. The zero-order valence-electron chi connectivity index (χ0n) is 8.48. The van der Waals surface area contributed by atoms with Crippen LogP contribution in [0.2, 0.25) is 0 Å². The highest BCUT2D eigenvalue weighted by molar-refractivity contribution is 7.93. The van der Waals surface area contributed by atoms with E-state index in [9.17, 15) is 26.2 Å². The van der Waals surface area contributed by atoms with Crippen LogP contribution in [0.25, 0.3) is 0 Å². The van der Waals surface area contributed by atoms with E-state index in [0.717, 1.165) is 13.8 Å². The maximum atomic E-state index is 12.3. The Balaban J connectivity index is 5.62. The molecule has 0 spiro atoms. The van der Waals surface area contributed by atoms with E-state index in [1.807, 2.05) is 0 Å². The molecule has 1 N–H and O–H groups in total. The minimum Gasteiger partial charge on any atom is -0.216 e. The molecular weight excluding hydrogens is 272 g/mol. The normalized spacial score (nSPS) is 15.0. The molecule has 0 rings (SSSR count). The second-order valence-electron chi connectivity index (χ2n) is 2.90. The fourth-order valence-electron chi connectivity index (χ4n) is 1.16. The second kappa shape index (κ2) is 4.95. The minimum absolute atomic E-state index is 0.576.